The molecular formula is C22H28FNO5. The molecule has 0 aliphatic carbocycles. The zero-order valence-electron chi connectivity index (χ0n) is 17.7. The highest BCUT2D eigenvalue weighted by molar-refractivity contribution is 5.99. The number of methoxy groups -OCH3 is 1. The van der Waals surface area contributed by atoms with E-state index in [-0.39, 0.29) is 29.8 Å². The lowest BCUT2D eigenvalue weighted by molar-refractivity contribution is -0.144. The molecule has 1 aromatic rings. The van der Waals surface area contributed by atoms with Crippen LogP contribution in [-0.2, 0) is 19.1 Å². The molecule has 1 aliphatic rings. The molecular weight excluding hydrogens is 377 g/mol. The van der Waals surface area contributed by atoms with Crippen molar-refractivity contribution in [2.24, 2.45) is 5.92 Å². The fourth-order valence-corrected chi connectivity index (χ4v) is 3.48. The maximum Gasteiger partial charge on any atom is 0.336 e. The number of allylic oxidation sites excluding steroid dienone is 2. The fourth-order valence-electron chi connectivity index (χ4n) is 3.48. The van der Waals surface area contributed by atoms with Gasteiger partial charge in [-0.2, -0.15) is 0 Å². The third kappa shape index (κ3) is 4.67. The molecule has 0 saturated carbocycles. The van der Waals surface area contributed by atoms with E-state index in [4.69, 9.17) is 9.47 Å². The zero-order chi connectivity index (χ0) is 21.9. The normalized spacial score (nSPS) is 18.3. The second-order valence-electron chi connectivity index (χ2n) is 7.46. The highest BCUT2D eigenvalue weighted by Crippen LogP contribution is 2.41. The summed E-state index contributed by atoms with van der Waals surface area (Å²) < 4.78 is 24.3. The van der Waals surface area contributed by atoms with Crippen LogP contribution in [0.2, 0.25) is 0 Å². The number of nitrogens with zero attached hydrogens (tertiary/aromatic N) is 1. The van der Waals surface area contributed by atoms with Crippen molar-refractivity contribution in [1.82, 2.24) is 4.90 Å². The maximum atomic E-state index is 13.5. The molecule has 7 heteroatoms. The molecule has 2 atom stereocenters. The molecule has 0 saturated heterocycles. The highest BCUT2D eigenvalue weighted by atomic mass is 19.1. The Bertz CT molecular complexity index is 841. The molecule has 29 heavy (non-hydrogen) atoms. The van der Waals surface area contributed by atoms with Gasteiger partial charge in [-0.3, -0.25) is 0 Å². The molecule has 0 aromatic heterocycles. The van der Waals surface area contributed by atoms with E-state index in [1.54, 1.807) is 32.9 Å². The first-order valence-electron chi connectivity index (χ1n) is 9.44. The number of benzene rings is 1. The van der Waals surface area contributed by atoms with E-state index >= 15 is 0 Å². The summed E-state index contributed by atoms with van der Waals surface area (Å²) in [4.78, 5) is 26.8. The summed E-state index contributed by atoms with van der Waals surface area (Å²) in [5, 5.41) is 9.87. The number of aliphatic carboxylic acids is 1. The zero-order valence-corrected chi connectivity index (χ0v) is 17.7. The number of carbonyl (C=O) groups excluding carboxylic acids is 1. The smallest absolute Gasteiger partial charge is 0.336 e. The van der Waals surface area contributed by atoms with Gasteiger partial charge in [-0.05, 0) is 37.5 Å². The van der Waals surface area contributed by atoms with Crippen LogP contribution in [0.1, 0.15) is 39.2 Å². The molecule has 6 nitrogen and oxygen atoms in total. The molecule has 0 spiro atoms. The molecule has 158 valence electrons. The molecule has 1 N–H and O–H groups in total. The summed E-state index contributed by atoms with van der Waals surface area (Å²) in [6.45, 7) is 7.39. The number of rotatable bonds is 7. The van der Waals surface area contributed by atoms with E-state index in [1.165, 1.54) is 24.3 Å². The van der Waals surface area contributed by atoms with Crippen molar-refractivity contribution in [2.45, 2.75) is 39.7 Å². The van der Waals surface area contributed by atoms with E-state index in [1.807, 2.05) is 13.8 Å². The number of ether oxygens (including phenoxy) is 2. The average molecular weight is 405 g/mol. The Hall–Kier alpha value is -2.67. The minimum atomic E-state index is -1.14. The molecule has 0 radical (unpaired) electrons. The van der Waals surface area contributed by atoms with Crippen molar-refractivity contribution in [3.63, 3.8) is 0 Å². The van der Waals surface area contributed by atoms with Gasteiger partial charge in [0.05, 0.1) is 23.2 Å². The fraction of sp³-hybridized carbons (Fsp3) is 0.455. The van der Waals surface area contributed by atoms with Gasteiger partial charge in [-0.25, -0.2) is 14.0 Å². The number of carboxylic acids is 1. The Balaban J connectivity index is 2.51. The third-order valence-corrected chi connectivity index (χ3v) is 5.44. The van der Waals surface area contributed by atoms with Crippen molar-refractivity contribution in [3.05, 3.63) is 58.2 Å². The van der Waals surface area contributed by atoms with Gasteiger partial charge >= 0.3 is 11.9 Å². The van der Waals surface area contributed by atoms with Crippen LogP contribution < -0.4 is 0 Å². The van der Waals surface area contributed by atoms with Crippen LogP contribution in [0, 0.1) is 11.7 Å². The summed E-state index contributed by atoms with van der Waals surface area (Å²) in [5.41, 5.74) is 1.89. The minimum absolute atomic E-state index is 0.0503. The molecule has 0 amide bonds. The summed E-state index contributed by atoms with van der Waals surface area (Å²) >= 11 is 0. The summed E-state index contributed by atoms with van der Waals surface area (Å²) in [7, 11) is 3.25. The van der Waals surface area contributed by atoms with E-state index in [0.717, 1.165) is 0 Å². The van der Waals surface area contributed by atoms with E-state index in [9.17, 15) is 19.1 Å². The van der Waals surface area contributed by atoms with Crippen LogP contribution in [0.3, 0.4) is 0 Å². The molecule has 2 unspecified atom stereocenters. The van der Waals surface area contributed by atoms with E-state index < -0.39 is 23.7 Å². The van der Waals surface area contributed by atoms with Crippen molar-refractivity contribution < 1.29 is 28.6 Å². The number of hydrogen-bond donors (Lipinski definition) is 1. The van der Waals surface area contributed by atoms with Crippen LogP contribution >= 0.6 is 0 Å². The summed E-state index contributed by atoms with van der Waals surface area (Å²) in [5.74, 6) is -2.92. The lowest BCUT2D eigenvalue weighted by Gasteiger charge is -2.35. The molecule has 1 aliphatic heterocycles. The Kier molecular flexibility index (Phi) is 7.19. The molecule has 2 rings (SSSR count). The molecule has 1 aromatic carbocycles. The van der Waals surface area contributed by atoms with Gasteiger partial charge in [0, 0.05) is 25.6 Å². The largest absolute Gasteiger partial charge is 0.478 e. The van der Waals surface area contributed by atoms with Gasteiger partial charge in [0.1, 0.15) is 12.4 Å². The van der Waals surface area contributed by atoms with Crippen molar-refractivity contribution >= 4 is 11.9 Å². The predicted octanol–water partition coefficient (Wildman–Crippen LogP) is 3.70. The second kappa shape index (κ2) is 9.22. The van der Waals surface area contributed by atoms with Crippen LogP contribution in [-0.4, -0.2) is 48.8 Å². The number of carboxylic acid groups (broad SMARTS) is 1. The van der Waals surface area contributed by atoms with Crippen molar-refractivity contribution in [1.29, 1.82) is 0 Å². The van der Waals surface area contributed by atoms with Gasteiger partial charge < -0.3 is 19.5 Å². The summed E-state index contributed by atoms with van der Waals surface area (Å²) in [6, 6.07) is 5.49. The van der Waals surface area contributed by atoms with Crippen LogP contribution in [0.25, 0.3) is 0 Å². The van der Waals surface area contributed by atoms with Gasteiger partial charge in [-0.1, -0.05) is 26.0 Å². The predicted molar refractivity (Wildman–Crippen MR) is 107 cm³/mol. The van der Waals surface area contributed by atoms with Crippen molar-refractivity contribution in [2.75, 3.05) is 20.8 Å². The third-order valence-electron chi connectivity index (χ3n) is 5.44. The SMILES string of the molecule is COC(COC(=O)C1=C(C)N(C)C(C)=C(C(=O)O)C1c1ccc(F)cc1)C(C)C. The summed E-state index contributed by atoms with van der Waals surface area (Å²) in [6.07, 6.45) is -0.276. The Labute approximate surface area is 170 Å². The van der Waals surface area contributed by atoms with Crippen LogP contribution in [0.4, 0.5) is 4.39 Å². The molecule has 1 heterocycles. The van der Waals surface area contributed by atoms with Gasteiger partial charge in [0.2, 0.25) is 0 Å². The van der Waals surface area contributed by atoms with E-state index in [2.05, 4.69) is 0 Å². The lowest BCUT2D eigenvalue weighted by atomic mass is 9.80. The maximum absolute atomic E-state index is 13.5. The van der Waals surface area contributed by atoms with Gasteiger partial charge in [0.25, 0.3) is 0 Å². The minimum Gasteiger partial charge on any atom is -0.478 e. The number of halogens is 1. The number of hydrogen-bond acceptors (Lipinski definition) is 5. The van der Waals surface area contributed by atoms with Gasteiger partial charge in [0.15, 0.2) is 0 Å². The lowest BCUT2D eigenvalue weighted by Crippen LogP contribution is -2.34. The standard InChI is InChI=1S/C22H28FNO5/c1-12(2)17(28-6)11-29-22(27)19-14(4)24(5)13(3)18(21(25)26)20(19)15-7-9-16(23)10-8-15/h7-10,12,17,20H,11H2,1-6H3,(H,25,26). The average Bonchev–Trinajstić information content (AvgIpc) is 2.66. The first-order chi connectivity index (χ1) is 13.6. The number of carbonyl (C=O) groups is 2. The van der Waals surface area contributed by atoms with Gasteiger partial charge in [-0.15, -0.1) is 0 Å². The molecule has 0 fully saturated rings. The van der Waals surface area contributed by atoms with Crippen LogP contribution in [0.5, 0.6) is 0 Å². The first-order valence-corrected chi connectivity index (χ1v) is 9.44. The Morgan fingerprint density at radius 1 is 1.14 bits per heavy atom. The first kappa shape index (κ1) is 22.6. The highest BCUT2D eigenvalue weighted by Gasteiger charge is 2.39. The van der Waals surface area contributed by atoms with E-state index in [0.29, 0.717) is 17.0 Å². The monoisotopic (exact) mass is 405 g/mol. The Morgan fingerprint density at radius 3 is 2.17 bits per heavy atom. The quantitative estimate of drug-likeness (QED) is 0.697. The second-order valence-corrected chi connectivity index (χ2v) is 7.46. The Morgan fingerprint density at radius 2 is 1.69 bits per heavy atom. The number of esters is 1. The van der Waals surface area contributed by atoms with Crippen LogP contribution in [0.15, 0.2) is 46.8 Å². The molecule has 0 bridgehead atoms. The topological polar surface area (TPSA) is 76.1 Å². The van der Waals surface area contributed by atoms with Crippen molar-refractivity contribution in [3.8, 4) is 0 Å².